The SMILES string of the molecule is CC(C)(N)Cc1c(F)c(F)c(C(=O)O)c(F)c1F. The van der Waals surface area contributed by atoms with E-state index >= 15 is 0 Å². The van der Waals surface area contributed by atoms with Crippen molar-refractivity contribution >= 4 is 5.97 Å². The Bertz CT molecular complexity index is 480. The summed E-state index contributed by atoms with van der Waals surface area (Å²) in [6, 6.07) is 0. The molecule has 0 saturated carbocycles. The molecule has 0 saturated heterocycles. The van der Waals surface area contributed by atoms with Crippen LogP contribution in [0.25, 0.3) is 0 Å². The Kier molecular flexibility index (Phi) is 3.66. The summed E-state index contributed by atoms with van der Waals surface area (Å²) in [5.74, 6) is -9.41. The molecule has 0 amide bonds. The van der Waals surface area contributed by atoms with Crippen LogP contribution >= 0.6 is 0 Å². The van der Waals surface area contributed by atoms with E-state index in [2.05, 4.69) is 0 Å². The molecule has 3 nitrogen and oxygen atoms in total. The number of benzene rings is 1. The summed E-state index contributed by atoms with van der Waals surface area (Å²) >= 11 is 0. The standard InChI is InChI=1S/C11H11F4NO2/c1-11(2,16)3-4-6(12)8(14)5(10(17)18)9(15)7(4)13/h3,16H2,1-2H3,(H,17,18). The van der Waals surface area contributed by atoms with Gasteiger partial charge in [0.05, 0.1) is 0 Å². The van der Waals surface area contributed by atoms with E-state index in [0.29, 0.717) is 0 Å². The number of carboxylic acids is 1. The fourth-order valence-corrected chi connectivity index (χ4v) is 1.48. The molecule has 0 heterocycles. The van der Waals surface area contributed by atoms with Gasteiger partial charge in [0.15, 0.2) is 23.3 Å². The number of hydrogen-bond acceptors (Lipinski definition) is 2. The van der Waals surface area contributed by atoms with Crippen LogP contribution in [0.1, 0.15) is 29.8 Å². The van der Waals surface area contributed by atoms with Gasteiger partial charge in [-0.25, -0.2) is 22.4 Å². The third-order valence-corrected chi connectivity index (χ3v) is 2.20. The molecule has 0 bridgehead atoms. The van der Waals surface area contributed by atoms with Gasteiger partial charge in [-0.05, 0) is 20.3 Å². The monoisotopic (exact) mass is 265 g/mol. The molecule has 0 unspecified atom stereocenters. The molecule has 0 atom stereocenters. The van der Waals surface area contributed by atoms with E-state index in [4.69, 9.17) is 10.8 Å². The van der Waals surface area contributed by atoms with Crippen LogP contribution in [0.4, 0.5) is 17.6 Å². The smallest absolute Gasteiger partial charge is 0.341 e. The number of nitrogens with two attached hydrogens (primary N) is 1. The average molecular weight is 265 g/mol. The molecule has 0 spiro atoms. The second kappa shape index (κ2) is 4.56. The minimum atomic E-state index is -2.08. The highest BCUT2D eigenvalue weighted by atomic mass is 19.2. The zero-order valence-corrected chi connectivity index (χ0v) is 9.65. The first-order valence-electron chi connectivity index (χ1n) is 4.93. The highest BCUT2D eigenvalue weighted by Crippen LogP contribution is 2.26. The number of halogens is 4. The molecule has 100 valence electrons. The van der Waals surface area contributed by atoms with Crippen molar-refractivity contribution < 1.29 is 27.5 Å². The lowest BCUT2D eigenvalue weighted by molar-refractivity contribution is 0.0683. The van der Waals surface area contributed by atoms with Crippen molar-refractivity contribution in [2.45, 2.75) is 25.8 Å². The van der Waals surface area contributed by atoms with E-state index in [1.165, 1.54) is 13.8 Å². The fraction of sp³-hybridized carbons (Fsp3) is 0.364. The van der Waals surface area contributed by atoms with E-state index in [0.717, 1.165) is 0 Å². The maximum absolute atomic E-state index is 13.5. The molecule has 0 radical (unpaired) electrons. The predicted molar refractivity (Wildman–Crippen MR) is 55.2 cm³/mol. The summed E-state index contributed by atoms with van der Waals surface area (Å²) in [6.07, 6.45) is -0.474. The van der Waals surface area contributed by atoms with Gasteiger partial charge in [0, 0.05) is 11.1 Å². The van der Waals surface area contributed by atoms with Crippen LogP contribution in [-0.4, -0.2) is 16.6 Å². The molecule has 0 aliphatic carbocycles. The molecule has 1 aromatic rings. The molecule has 0 fully saturated rings. The first kappa shape index (κ1) is 14.4. The maximum Gasteiger partial charge on any atom is 0.341 e. The Morgan fingerprint density at radius 3 is 1.78 bits per heavy atom. The molecule has 7 heteroatoms. The van der Waals surface area contributed by atoms with Crippen LogP contribution in [-0.2, 0) is 6.42 Å². The number of rotatable bonds is 3. The maximum atomic E-state index is 13.5. The Morgan fingerprint density at radius 1 is 1.11 bits per heavy atom. The van der Waals surface area contributed by atoms with E-state index in [1.54, 1.807) is 0 Å². The van der Waals surface area contributed by atoms with Gasteiger partial charge in [0.1, 0.15) is 5.56 Å². The van der Waals surface area contributed by atoms with Gasteiger partial charge in [-0.2, -0.15) is 0 Å². The molecule has 0 aromatic heterocycles. The predicted octanol–water partition coefficient (Wildman–Crippen LogP) is 2.22. The van der Waals surface area contributed by atoms with Crippen LogP contribution < -0.4 is 5.73 Å². The first-order chi connectivity index (χ1) is 8.06. The normalized spacial score (nSPS) is 11.7. The van der Waals surface area contributed by atoms with Gasteiger partial charge in [0.2, 0.25) is 0 Å². The van der Waals surface area contributed by atoms with E-state index < -0.39 is 52.3 Å². The summed E-state index contributed by atoms with van der Waals surface area (Å²) in [5, 5.41) is 8.48. The summed E-state index contributed by atoms with van der Waals surface area (Å²) in [7, 11) is 0. The Morgan fingerprint density at radius 2 is 1.50 bits per heavy atom. The second-order valence-electron chi connectivity index (χ2n) is 4.58. The summed E-state index contributed by atoms with van der Waals surface area (Å²) < 4.78 is 53.6. The van der Waals surface area contributed by atoms with Crippen LogP contribution in [0, 0.1) is 23.3 Å². The third-order valence-electron chi connectivity index (χ3n) is 2.20. The lowest BCUT2D eigenvalue weighted by Gasteiger charge is -2.20. The van der Waals surface area contributed by atoms with Crippen LogP contribution in [0.15, 0.2) is 0 Å². The second-order valence-corrected chi connectivity index (χ2v) is 4.58. The number of hydrogen-bond donors (Lipinski definition) is 2. The summed E-state index contributed by atoms with van der Waals surface area (Å²) in [5.41, 5.74) is 1.85. The zero-order chi connectivity index (χ0) is 14.2. The number of aromatic carboxylic acids is 1. The van der Waals surface area contributed by atoms with Gasteiger partial charge >= 0.3 is 5.97 Å². The number of carbonyl (C=O) groups is 1. The molecular weight excluding hydrogens is 254 g/mol. The molecule has 0 aliphatic rings. The van der Waals surface area contributed by atoms with Gasteiger partial charge in [0.25, 0.3) is 0 Å². The van der Waals surface area contributed by atoms with Crippen LogP contribution in [0.2, 0.25) is 0 Å². The molecule has 18 heavy (non-hydrogen) atoms. The van der Waals surface area contributed by atoms with Gasteiger partial charge in [-0.3, -0.25) is 0 Å². The Balaban J connectivity index is 3.54. The van der Waals surface area contributed by atoms with E-state index in [-0.39, 0.29) is 0 Å². The first-order valence-corrected chi connectivity index (χ1v) is 4.93. The van der Waals surface area contributed by atoms with Crippen molar-refractivity contribution in [3.05, 3.63) is 34.4 Å². The van der Waals surface area contributed by atoms with Crippen molar-refractivity contribution in [1.82, 2.24) is 0 Å². The molecule has 0 aliphatic heterocycles. The molecule has 1 aromatic carbocycles. The Labute approximate surface area is 100 Å². The van der Waals surface area contributed by atoms with Crippen LogP contribution in [0.3, 0.4) is 0 Å². The quantitative estimate of drug-likeness (QED) is 0.650. The van der Waals surface area contributed by atoms with Crippen molar-refractivity contribution in [3.63, 3.8) is 0 Å². The molecule has 1 rings (SSSR count). The number of carboxylic acid groups (broad SMARTS) is 1. The lowest BCUT2D eigenvalue weighted by atomic mass is 9.94. The van der Waals surface area contributed by atoms with Crippen molar-refractivity contribution in [1.29, 1.82) is 0 Å². The highest BCUT2D eigenvalue weighted by molar-refractivity contribution is 5.88. The minimum Gasteiger partial charge on any atom is -0.477 e. The van der Waals surface area contributed by atoms with Crippen molar-refractivity contribution in [2.24, 2.45) is 5.73 Å². The van der Waals surface area contributed by atoms with Crippen LogP contribution in [0.5, 0.6) is 0 Å². The van der Waals surface area contributed by atoms with Gasteiger partial charge < -0.3 is 10.8 Å². The van der Waals surface area contributed by atoms with Gasteiger partial charge in [-0.1, -0.05) is 0 Å². The topological polar surface area (TPSA) is 63.3 Å². The van der Waals surface area contributed by atoms with E-state index in [9.17, 15) is 22.4 Å². The van der Waals surface area contributed by atoms with E-state index in [1.807, 2.05) is 0 Å². The van der Waals surface area contributed by atoms with Crippen molar-refractivity contribution in [2.75, 3.05) is 0 Å². The summed E-state index contributed by atoms with van der Waals surface area (Å²) in [6.45, 7) is 2.82. The average Bonchev–Trinajstić information content (AvgIpc) is 2.20. The minimum absolute atomic E-state index is 0.474. The largest absolute Gasteiger partial charge is 0.477 e. The fourth-order valence-electron chi connectivity index (χ4n) is 1.48. The highest BCUT2D eigenvalue weighted by Gasteiger charge is 2.30. The Hall–Kier alpha value is -1.63. The van der Waals surface area contributed by atoms with Gasteiger partial charge in [-0.15, -0.1) is 0 Å². The summed E-state index contributed by atoms with van der Waals surface area (Å²) in [4.78, 5) is 10.5. The zero-order valence-electron chi connectivity index (χ0n) is 9.65. The molecular formula is C11H11F4NO2. The third kappa shape index (κ3) is 2.61. The lowest BCUT2D eigenvalue weighted by Crippen LogP contribution is -2.35. The van der Waals surface area contributed by atoms with Crippen molar-refractivity contribution in [3.8, 4) is 0 Å². The molecule has 3 N–H and O–H groups in total.